The Morgan fingerprint density at radius 2 is 2.23 bits per heavy atom. The Labute approximate surface area is 76.5 Å². The summed E-state index contributed by atoms with van der Waals surface area (Å²) in [6, 6.07) is 6.01. The lowest BCUT2D eigenvalue weighted by atomic mass is 10.3. The minimum Gasteiger partial charge on any atom is -0.425 e. The standard InChI is InChI=1S/C9H12N2O2/c1-6(10)9(12)13-8-4-2-3-7(11)5-8/h2-6H,10-11H2,1H3/t6-/m0/s1. The van der Waals surface area contributed by atoms with Crippen molar-refractivity contribution in [2.75, 3.05) is 5.73 Å². The van der Waals surface area contributed by atoms with Gasteiger partial charge in [-0.25, -0.2) is 4.79 Å². The molecule has 1 rings (SSSR count). The lowest BCUT2D eigenvalue weighted by Crippen LogP contribution is -2.30. The Bertz CT molecular complexity index is 310. The van der Waals surface area contributed by atoms with Gasteiger partial charge in [-0.05, 0) is 19.1 Å². The van der Waals surface area contributed by atoms with E-state index in [-0.39, 0.29) is 0 Å². The fourth-order valence-electron chi connectivity index (χ4n) is 0.787. The first-order valence-electron chi connectivity index (χ1n) is 3.92. The average molecular weight is 180 g/mol. The van der Waals surface area contributed by atoms with Gasteiger partial charge in [0, 0.05) is 11.8 Å². The Morgan fingerprint density at radius 1 is 1.54 bits per heavy atom. The Hall–Kier alpha value is -1.55. The summed E-state index contributed by atoms with van der Waals surface area (Å²) in [5.74, 6) is -0.0482. The number of benzene rings is 1. The van der Waals surface area contributed by atoms with Gasteiger partial charge in [-0.1, -0.05) is 6.07 Å². The highest BCUT2D eigenvalue weighted by atomic mass is 16.5. The van der Waals surface area contributed by atoms with Crippen molar-refractivity contribution in [2.24, 2.45) is 5.73 Å². The Morgan fingerprint density at radius 3 is 2.77 bits per heavy atom. The van der Waals surface area contributed by atoms with Crippen molar-refractivity contribution in [2.45, 2.75) is 13.0 Å². The number of anilines is 1. The number of hydrogen-bond donors (Lipinski definition) is 2. The van der Waals surface area contributed by atoms with Gasteiger partial charge in [0.2, 0.25) is 0 Å². The first kappa shape index (κ1) is 9.54. The molecule has 0 aromatic heterocycles. The zero-order valence-electron chi connectivity index (χ0n) is 7.36. The van der Waals surface area contributed by atoms with Crippen LogP contribution in [0.2, 0.25) is 0 Å². The molecular formula is C9H12N2O2. The summed E-state index contributed by atoms with van der Waals surface area (Å²) in [5.41, 5.74) is 11.4. The van der Waals surface area contributed by atoms with Crippen LogP contribution in [0.1, 0.15) is 6.92 Å². The highest BCUT2D eigenvalue weighted by Crippen LogP contribution is 2.14. The van der Waals surface area contributed by atoms with E-state index in [4.69, 9.17) is 16.2 Å². The molecule has 1 aromatic rings. The van der Waals surface area contributed by atoms with Crippen molar-refractivity contribution in [3.63, 3.8) is 0 Å². The van der Waals surface area contributed by atoms with E-state index in [0.717, 1.165) is 0 Å². The van der Waals surface area contributed by atoms with Crippen molar-refractivity contribution in [1.82, 2.24) is 0 Å². The van der Waals surface area contributed by atoms with E-state index in [1.165, 1.54) is 0 Å². The molecule has 70 valence electrons. The fraction of sp³-hybridized carbons (Fsp3) is 0.222. The lowest BCUT2D eigenvalue weighted by Gasteiger charge is -2.06. The topological polar surface area (TPSA) is 78.3 Å². The second kappa shape index (κ2) is 3.91. The number of carbonyl (C=O) groups excluding carboxylic acids is 1. The lowest BCUT2D eigenvalue weighted by molar-refractivity contribution is -0.135. The van der Waals surface area contributed by atoms with Gasteiger partial charge in [-0.15, -0.1) is 0 Å². The summed E-state index contributed by atoms with van der Waals surface area (Å²) in [4.78, 5) is 11.0. The molecule has 13 heavy (non-hydrogen) atoms. The van der Waals surface area contributed by atoms with E-state index in [9.17, 15) is 4.79 Å². The molecule has 1 atom stereocenters. The molecule has 0 aliphatic carbocycles. The third-order valence-electron chi connectivity index (χ3n) is 1.45. The first-order valence-corrected chi connectivity index (χ1v) is 3.92. The number of hydrogen-bond acceptors (Lipinski definition) is 4. The maximum atomic E-state index is 11.0. The zero-order valence-corrected chi connectivity index (χ0v) is 7.36. The van der Waals surface area contributed by atoms with Crippen molar-refractivity contribution in [3.05, 3.63) is 24.3 Å². The van der Waals surface area contributed by atoms with Crippen LogP contribution in [0.3, 0.4) is 0 Å². The molecule has 0 bridgehead atoms. The van der Waals surface area contributed by atoms with E-state index in [2.05, 4.69) is 0 Å². The first-order chi connectivity index (χ1) is 6.09. The smallest absolute Gasteiger partial charge is 0.328 e. The molecule has 0 unspecified atom stereocenters. The van der Waals surface area contributed by atoms with Crippen LogP contribution >= 0.6 is 0 Å². The number of esters is 1. The molecule has 0 aliphatic rings. The fourth-order valence-corrected chi connectivity index (χ4v) is 0.787. The molecule has 4 N–H and O–H groups in total. The molecule has 0 heterocycles. The maximum Gasteiger partial charge on any atom is 0.328 e. The van der Waals surface area contributed by atoms with Gasteiger partial charge < -0.3 is 16.2 Å². The second-order valence-corrected chi connectivity index (χ2v) is 2.78. The third-order valence-corrected chi connectivity index (χ3v) is 1.45. The largest absolute Gasteiger partial charge is 0.425 e. The van der Waals surface area contributed by atoms with Gasteiger partial charge >= 0.3 is 5.97 Å². The van der Waals surface area contributed by atoms with E-state index in [0.29, 0.717) is 11.4 Å². The van der Waals surface area contributed by atoms with Gasteiger partial charge in [0.1, 0.15) is 11.8 Å². The summed E-state index contributed by atoms with van der Waals surface area (Å²) in [6.45, 7) is 1.56. The summed E-state index contributed by atoms with van der Waals surface area (Å²) in [7, 11) is 0. The SMILES string of the molecule is C[C@H](N)C(=O)Oc1cccc(N)c1. The van der Waals surface area contributed by atoms with Gasteiger partial charge in [0.15, 0.2) is 0 Å². The van der Waals surface area contributed by atoms with Gasteiger partial charge in [0.05, 0.1) is 0 Å². The van der Waals surface area contributed by atoms with E-state index < -0.39 is 12.0 Å². The molecule has 4 heteroatoms. The molecule has 0 saturated heterocycles. The molecule has 0 radical (unpaired) electrons. The van der Waals surface area contributed by atoms with Gasteiger partial charge in [-0.2, -0.15) is 0 Å². The monoisotopic (exact) mass is 180 g/mol. The minimum absolute atomic E-state index is 0.419. The van der Waals surface area contributed by atoms with Gasteiger partial charge in [-0.3, -0.25) is 0 Å². The van der Waals surface area contributed by atoms with Crippen molar-refractivity contribution >= 4 is 11.7 Å². The Balaban J connectivity index is 2.69. The summed E-state index contributed by atoms with van der Waals surface area (Å²) >= 11 is 0. The van der Waals surface area contributed by atoms with Crippen LogP contribution in [0, 0.1) is 0 Å². The zero-order chi connectivity index (χ0) is 9.84. The van der Waals surface area contributed by atoms with Crippen LogP contribution < -0.4 is 16.2 Å². The highest BCUT2D eigenvalue weighted by molar-refractivity contribution is 5.77. The van der Waals surface area contributed by atoms with Crippen LogP contribution in [0.15, 0.2) is 24.3 Å². The number of ether oxygens (including phenoxy) is 1. The van der Waals surface area contributed by atoms with Crippen LogP contribution in [-0.2, 0) is 4.79 Å². The summed E-state index contributed by atoms with van der Waals surface area (Å²) in [5, 5.41) is 0. The molecule has 0 amide bonds. The number of carbonyl (C=O) groups is 1. The molecule has 0 aliphatic heterocycles. The van der Waals surface area contributed by atoms with E-state index >= 15 is 0 Å². The minimum atomic E-state index is -0.624. The van der Waals surface area contributed by atoms with Crippen LogP contribution in [0.5, 0.6) is 5.75 Å². The Kier molecular flexibility index (Phi) is 2.87. The van der Waals surface area contributed by atoms with Gasteiger partial charge in [0.25, 0.3) is 0 Å². The second-order valence-electron chi connectivity index (χ2n) is 2.78. The highest BCUT2D eigenvalue weighted by Gasteiger charge is 2.09. The summed E-state index contributed by atoms with van der Waals surface area (Å²) in [6.07, 6.45) is 0. The maximum absolute atomic E-state index is 11.0. The normalized spacial score (nSPS) is 12.2. The molecule has 4 nitrogen and oxygen atoms in total. The molecular weight excluding hydrogens is 168 g/mol. The summed E-state index contributed by atoms with van der Waals surface area (Å²) < 4.78 is 4.91. The van der Waals surface area contributed by atoms with Crippen molar-refractivity contribution in [1.29, 1.82) is 0 Å². The molecule has 0 fully saturated rings. The van der Waals surface area contributed by atoms with Crippen molar-refractivity contribution < 1.29 is 9.53 Å². The third kappa shape index (κ3) is 2.76. The predicted molar refractivity (Wildman–Crippen MR) is 50.1 cm³/mol. The molecule has 1 aromatic carbocycles. The number of nitrogen functional groups attached to an aromatic ring is 1. The quantitative estimate of drug-likeness (QED) is 0.395. The van der Waals surface area contributed by atoms with Crippen LogP contribution in [-0.4, -0.2) is 12.0 Å². The van der Waals surface area contributed by atoms with E-state index in [1.807, 2.05) is 0 Å². The van der Waals surface area contributed by atoms with Crippen LogP contribution in [0.4, 0.5) is 5.69 Å². The molecule has 0 saturated carbocycles. The number of rotatable bonds is 2. The predicted octanol–water partition coefficient (Wildman–Crippen LogP) is 0.521. The number of nitrogens with two attached hydrogens (primary N) is 2. The van der Waals surface area contributed by atoms with Crippen molar-refractivity contribution in [3.8, 4) is 5.75 Å². The average Bonchev–Trinajstić information content (AvgIpc) is 2.04. The molecule has 0 spiro atoms. The van der Waals surface area contributed by atoms with E-state index in [1.54, 1.807) is 31.2 Å². The van der Waals surface area contributed by atoms with Crippen LogP contribution in [0.25, 0.3) is 0 Å².